The predicted octanol–water partition coefficient (Wildman–Crippen LogP) is 4.99. The van der Waals surface area contributed by atoms with Crippen molar-refractivity contribution in [2.24, 2.45) is 0 Å². The Bertz CT molecular complexity index is 202. The molecule has 0 aromatic rings. The summed E-state index contributed by atoms with van der Waals surface area (Å²) in [5, 5.41) is 10.3. The van der Waals surface area contributed by atoms with E-state index in [1.54, 1.807) is 0 Å². The average molecular weight is 238 g/mol. The SMILES string of the molecule is CCCCCCCCC=CC1(O)CCCCC1. The van der Waals surface area contributed by atoms with Crippen molar-refractivity contribution in [3.8, 4) is 0 Å². The van der Waals surface area contributed by atoms with Gasteiger partial charge >= 0.3 is 0 Å². The quantitative estimate of drug-likeness (QED) is 0.466. The van der Waals surface area contributed by atoms with Crippen molar-refractivity contribution >= 4 is 0 Å². The largest absolute Gasteiger partial charge is 0.386 e. The Hall–Kier alpha value is -0.300. The van der Waals surface area contributed by atoms with Crippen molar-refractivity contribution < 1.29 is 5.11 Å². The normalized spacial score (nSPS) is 19.9. The fourth-order valence-electron chi connectivity index (χ4n) is 2.68. The lowest BCUT2D eigenvalue weighted by Gasteiger charge is -2.28. The van der Waals surface area contributed by atoms with Crippen LogP contribution in [0.1, 0.15) is 84.0 Å². The Balaban J connectivity index is 2.01. The zero-order valence-electron chi connectivity index (χ0n) is 11.6. The van der Waals surface area contributed by atoms with Crippen molar-refractivity contribution in [1.82, 2.24) is 0 Å². The number of hydrogen-bond acceptors (Lipinski definition) is 1. The van der Waals surface area contributed by atoms with Gasteiger partial charge in [0.2, 0.25) is 0 Å². The lowest BCUT2D eigenvalue weighted by molar-refractivity contribution is 0.0511. The zero-order valence-corrected chi connectivity index (χ0v) is 11.6. The second kappa shape index (κ2) is 8.74. The molecular formula is C16H30O. The monoisotopic (exact) mass is 238 g/mol. The number of hydrogen-bond donors (Lipinski definition) is 1. The van der Waals surface area contributed by atoms with Crippen LogP contribution in [0.2, 0.25) is 0 Å². The van der Waals surface area contributed by atoms with Crippen molar-refractivity contribution in [2.75, 3.05) is 0 Å². The molecule has 1 heteroatoms. The van der Waals surface area contributed by atoms with Gasteiger partial charge in [0, 0.05) is 0 Å². The van der Waals surface area contributed by atoms with E-state index >= 15 is 0 Å². The second-order valence-electron chi connectivity index (χ2n) is 5.62. The molecule has 1 aliphatic carbocycles. The summed E-state index contributed by atoms with van der Waals surface area (Å²) in [4.78, 5) is 0. The van der Waals surface area contributed by atoms with E-state index in [0.717, 1.165) is 19.3 Å². The van der Waals surface area contributed by atoms with Crippen LogP contribution in [0.15, 0.2) is 12.2 Å². The highest BCUT2D eigenvalue weighted by atomic mass is 16.3. The van der Waals surface area contributed by atoms with E-state index < -0.39 is 5.60 Å². The fraction of sp³-hybridized carbons (Fsp3) is 0.875. The molecule has 0 amide bonds. The van der Waals surface area contributed by atoms with E-state index in [9.17, 15) is 5.11 Å². The average Bonchev–Trinajstić information content (AvgIpc) is 2.33. The Kier molecular flexibility index (Phi) is 7.59. The third-order valence-electron chi connectivity index (χ3n) is 3.87. The number of aliphatic hydroxyl groups is 1. The molecule has 17 heavy (non-hydrogen) atoms. The third kappa shape index (κ3) is 6.88. The molecule has 0 aromatic heterocycles. The molecule has 0 bridgehead atoms. The topological polar surface area (TPSA) is 20.2 Å². The minimum absolute atomic E-state index is 0.458. The van der Waals surface area contributed by atoms with E-state index in [1.165, 1.54) is 57.8 Å². The lowest BCUT2D eigenvalue weighted by atomic mass is 9.84. The molecule has 1 rings (SSSR count). The first kappa shape index (κ1) is 14.8. The molecule has 0 aromatic carbocycles. The third-order valence-corrected chi connectivity index (χ3v) is 3.87. The Morgan fingerprint density at radius 3 is 2.29 bits per heavy atom. The van der Waals surface area contributed by atoms with E-state index in [2.05, 4.69) is 19.1 Å². The van der Waals surface area contributed by atoms with Crippen molar-refractivity contribution in [3.05, 3.63) is 12.2 Å². The summed E-state index contributed by atoms with van der Waals surface area (Å²) in [5.41, 5.74) is -0.458. The second-order valence-corrected chi connectivity index (χ2v) is 5.62. The van der Waals surface area contributed by atoms with Gasteiger partial charge in [0.15, 0.2) is 0 Å². The number of rotatable bonds is 8. The fourth-order valence-corrected chi connectivity index (χ4v) is 2.68. The number of unbranched alkanes of at least 4 members (excludes halogenated alkanes) is 6. The van der Waals surface area contributed by atoms with Crippen molar-refractivity contribution in [3.63, 3.8) is 0 Å². The molecule has 0 radical (unpaired) electrons. The van der Waals surface area contributed by atoms with Crippen molar-refractivity contribution in [2.45, 2.75) is 89.6 Å². The molecule has 1 aliphatic rings. The van der Waals surface area contributed by atoms with Crippen LogP contribution in [0.3, 0.4) is 0 Å². The zero-order chi connectivity index (χ0) is 12.4. The molecule has 1 saturated carbocycles. The Morgan fingerprint density at radius 2 is 1.59 bits per heavy atom. The van der Waals surface area contributed by atoms with Gasteiger partial charge in [-0.1, -0.05) is 70.4 Å². The maximum absolute atomic E-state index is 10.3. The predicted molar refractivity (Wildman–Crippen MR) is 75.2 cm³/mol. The smallest absolute Gasteiger partial charge is 0.0827 e. The molecule has 0 aliphatic heterocycles. The van der Waals surface area contributed by atoms with E-state index in [1.807, 2.05) is 0 Å². The first-order chi connectivity index (χ1) is 8.27. The number of allylic oxidation sites excluding steroid dienone is 1. The first-order valence-corrected chi connectivity index (χ1v) is 7.67. The summed E-state index contributed by atoms with van der Waals surface area (Å²) in [6.07, 6.45) is 19.2. The summed E-state index contributed by atoms with van der Waals surface area (Å²) >= 11 is 0. The van der Waals surface area contributed by atoms with Crippen LogP contribution in [0.25, 0.3) is 0 Å². The van der Waals surface area contributed by atoms with Gasteiger partial charge in [-0.05, 0) is 25.7 Å². The highest BCUT2D eigenvalue weighted by Crippen LogP contribution is 2.29. The van der Waals surface area contributed by atoms with Crippen LogP contribution < -0.4 is 0 Å². The summed E-state index contributed by atoms with van der Waals surface area (Å²) in [7, 11) is 0. The van der Waals surface area contributed by atoms with E-state index in [-0.39, 0.29) is 0 Å². The van der Waals surface area contributed by atoms with Gasteiger partial charge in [-0.15, -0.1) is 0 Å². The molecule has 0 unspecified atom stereocenters. The van der Waals surface area contributed by atoms with Crippen LogP contribution >= 0.6 is 0 Å². The van der Waals surface area contributed by atoms with Gasteiger partial charge in [0.05, 0.1) is 5.60 Å². The molecule has 0 heterocycles. The first-order valence-electron chi connectivity index (χ1n) is 7.67. The van der Waals surface area contributed by atoms with Gasteiger partial charge in [-0.3, -0.25) is 0 Å². The highest BCUT2D eigenvalue weighted by molar-refractivity contribution is 5.02. The molecule has 0 atom stereocenters. The van der Waals surface area contributed by atoms with Crippen molar-refractivity contribution in [1.29, 1.82) is 0 Å². The standard InChI is InChI=1S/C16H30O/c1-2-3-4-5-6-7-8-10-13-16(17)14-11-9-12-15-16/h10,13,17H,2-9,11-12,14-15H2,1H3. The summed E-state index contributed by atoms with van der Waals surface area (Å²) < 4.78 is 0. The van der Waals surface area contributed by atoms with Gasteiger partial charge < -0.3 is 5.11 Å². The Morgan fingerprint density at radius 1 is 0.941 bits per heavy atom. The van der Waals surface area contributed by atoms with Gasteiger partial charge in [0.25, 0.3) is 0 Å². The minimum atomic E-state index is -0.458. The minimum Gasteiger partial charge on any atom is -0.386 e. The molecule has 1 fully saturated rings. The van der Waals surface area contributed by atoms with Crippen LogP contribution in [0, 0.1) is 0 Å². The molecule has 1 N–H and O–H groups in total. The van der Waals surface area contributed by atoms with Crippen LogP contribution in [-0.4, -0.2) is 10.7 Å². The highest BCUT2D eigenvalue weighted by Gasteiger charge is 2.25. The summed E-state index contributed by atoms with van der Waals surface area (Å²) in [6.45, 7) is 2.26. The van der Waals surface area contributed by atoms with Crippen LogP contribution in [-0.2, 0) is 0 Å². The van der Waals surface area contributed by atoms with Crippen LogP contribution in [0.5, 0.6) is 0 Å². The lowest BCUT2D eigenvalue weighted by Crippen LogP contribution is -2.28. The van der Waals surface area contributed by atoms with Gasteiger partial charge in [0.1, 0.15) is 0 Å². The summed E-state index contributed by atoms with van der Waals surface area (Å²) in [5.74, 6) is 0. The van der Waals surface area contributed by atoms with Gasteiger partial charge in [-0.2, -0.15) is 0 Å². The molecule has 100 valence electrons. The van der Waals surface area contributed by atoms with E-state index in [4.69, 9.17) is 0 Å². The molecule has 1 nitrogen and oxygen atoms in total. The molecule has 0 spiro atoms. The van der Waals surface area contributed by atoms with E-state index in [0.29, 0.717) is 0 Å². The Labute approximate surface area is 107 Å². The molecule has 0 saturated heterocycles. The summed E-state index contributed by atoms with van der Waals surface area (Å²) in [6, 6.07) is 0. The maximum atomic E-state index is 10.3. The molecular weight excluding hydrogens is 208 g/mol. The van der Waals surface area contributed by atoms with Gasteiger partial charge in [-0.25, -0.2) is 0 Å². The maximum Gasteiger partial charge on any atom is 0.0827 e. The van der Waals surface area contributed by atoms with Crippen LogP contribution in [0.4, 0.5) is 0 Å².